The highest BCUT2D eigenvalue weighted by atomic mass is 32.2. The second-order valence-corrected chi connectivity index (χ2v) is 8.70. The summed E-state index contributed by atoms with van der Waals surface area (Å²) >= 11 is 0. The molecule has 0 aliphatic heterocycles. The molecule has 0 spiro atoms. The second-order valence-electron chi connectivity index (χ2n) is 6.77. The lowest BCUT2D eigenvalue weighted by molar-refractivity contribution is 0.131. The molecule has 0 radical (unpaired) electrons. The summed E-state index contributed by atoms with van der Waals surface area (Å²) in [6.45, 7) is 3.80. The van der Waals surface area contributed by atoms with Gasteiger partial charge in [0.15, 0.2) is 5.96 Å². The molecule has 0 bridgehead atoms. The van der Waals surface area contributed by atoms with Gasteiger partial charge in [0.25, 0.3) is 0 Å². The molecule has 3 N–H and O–H groups in total. The van der Waals surface area contributed by atoms with Crippen LogP contribution in [0.4, 0.5) is 0 Å². The van der Waals surface area contributed by atoms with E-state index >= 15 is 0 Å². The van der Waals surface area contributed by atoms with Crippen LogP contribution in [-0.4, -0.2) is 35.0 Å². The first-order valence-corrected chi connectivity index (χ1v) is 10.5. The fourth-order valence-corrected chi connectivity index (χ4v) is 3.89. The third-order valence-electron chi connectivity index (χ3n) is 5.14. The fraction of sp³-hybridized carbons (Fsp3) is 0.611. The molecule has 0 unspecified atom stereocenters. The SMILES string of the molecule is CCC1(CNC(=NC)NCc2cccc(CS(=O)(=O)NC)c2)CCC1. The van der Waals surface area contributed by atoms with Gasteiger partial charge in [-0.05, 0) is 42.9 Å². The Morgan fingerprint density at radius 1 is 1.24 bits per heavy atom. The molecule has 140 valence electrons. The van der Waals surface area contributed by atoms with Crippen LogP contribution in [0.3, 0.4) is 0 Å². The number of rotatable bonds is 8. The molecule has 7 heteroatoms. The van der Waals surface area contributed by atoms with E-state index in [0.717, 1.165) is 23.6 Å². The van der Waals surface area contributed by atoms with Crippen molar-refractivity contribution in [3.63, 3.8) is 0 Å². The van der Waals surface area contributed by atoms with Crippen LogP contribution >= 0.6 is 0 Å². The van der Waals surface area contributed by atoms with E-state index in [2.05, 4.69) is 27.3 Å². The van der Waals surface area contributed by atoms with Crippen molar-refractivity contribution in [1.82, 2.24) is 15.4 Å². The molecular formula is C18H30N4O2S. The number of guanidine groups is 1. The van der Waals surface area contributed by atoms with Crippen molar-refractivity contribution in [2.75, 3.05) is 20.6 Å². The van der Waals surface area contributed by atoms with Crippen molar-refractivity contribution in [2.24, 2.45) is 10.4 Å². The molecule has 1 fully saturated rings. The summed E-state index contributed by atoms with van der Waals surface area (Å²) in [7, 11) is -0.0555. The highest BCUT2D eigenvalue weighted by Gasteiger charge is 2.34. The largest absolute Gasteiger partial charge is 0.356 e. The van der Waals surface area contributed by atoms with E-state index in [0.29, 0.717) is 12.0 Å². The lowest BCUT2D eigenvalue weighted by Crippen LogP contribution is -2.46. The number of nitrogens with zero attached hydrogens (tertiary/aromatic N) is 1. The Hall–Kier alpha value is -1.60. The normalized spacial score (nSPS) is 17.0. The maximum atomic E-state index is 11.7. The van der Waals surface area contributed by atoms with Crippen LogP contribution in [0.5, 0.6) is 0 Å². The minimum atomic E-state index is -3.26. The van der Waals surface area contributed by atoms with E-state index in [-0.39, 0.29) is 5.75 Å². The zero-order valence-electron chi connectivity index (χ0n) is 15.4. The van der Waals surface area contributed by atoms with Gasteiger partial charge in [0, 0.05) is 20.1 Å². The van der Waals surface area contributed by atoms with E-state index < -0.39 is 10.0 Å². The minimum Gasteiger partial charge on any atom is -0.356 e. The number of aliphatic imine (C=N–C) groups is 1. The summed E-state index contributed by atoms with van der Waals surface area (Å²) in [5.74, 6) is 0.775. The van der Waals surface area contributed by atoms with Crippen molar-refractivity contribution >= 4 is 16.0 Å². The van der Waals surface area contributed by atoms with Gasteiger partial charge in [-0.15, -0.1) is 0 Å². The second kappa shape index (κ2) is 8.67. The van der Waals surface area contributed by atoms with Crippen molar-refractivity contribution in [2.45, 2.75) is 44.9 Å². The van der Waals surface area contributed by atoms with Crippen molar-refractivity contribution < 1.29 is 8.42 Å². The molecule has 0 heterocycles. The topological polar surface area (TPSA) is 82.6 Å². The van der Waals surface area contributed by atoms with Crippen LogP contribution in [0, 0.1) is 5.41 Å². The molecule has 1 aliphatic carbocycles. The van der Waals surface area contributed by atoms with Crippen molar-refractivity contribution in [3.8, 4) is 0 Å². The van der Waals surface area contributed by atoms with Gasteiger partial charge in [0.1, 0.15) is 0 Å². The molecule has 25 heavy (non-hydrogen) atoms. The maximum Gasteiger partial charge on any atom is 0.215 e. The summed E-state index contributed by atoms with van der Waals surface area (Å²) in [4.78, 5) is 4.28. The van der Waals surface area contributed by atoms with E-state index in [1.54, 1.807) is 7.05 Å². The zero-order chi connectivity index (χ0) is 18.3. The van der Waals surface area contributed by atoms with Crippen LogP contribution in [0.2, 0.25) is 0 Å². The highest BCUT2D eigenvalue weighted by Crippen LogP contribution is 2.42. The average molecular weight is 367 g/mol. The van der Waals surface area contributed by atoms with Gasteiger partial charge in [-0.1, -0.05) is 37.6 Å². The third-order valence-corrected chi connectivity index (χ3v) is 6.47. The molecule has 1 aliphatic rings. The number of benzene rings is 1. The summed E-state index contributed by atoms with van der Waals surface area (Å²) < 4.78 is 25.7. The first-order valence-electron chi connectivity index (χ1n) is 8.85. The van der Waals surface area contributed by atoms with E-state index in [4.69, 9.17) is 0 Å². The Balaban J connectivity index is 1.89. The molecule has 0 saturated heterocycles. The van der Waals surface area contributed by atoms with Crippen molar-refractivity contribution in [1.29, 1.82) is 0 Å². The van der Waals surface area contributed by atoms with Crippen LogP contribution < -0.4 is 15.4 Å². The molecule has 1 saturated carbocycles. The molecule has 2 rings (SSSR count). The summed E-state index contributed by atoms with van der Waals surface area (Å²) in [6, 6.07) is 7.60. The average Bonchev–Trinajstić information content (AvgIpc) is 2.57. The molecule has 1 aromatic carbocycles. The van der Waals surface area contributed by atoms with Gasteiger partial charge in [-0.25, -0.2) is 13.1 Å². The number of sulfonamides is 1. The Kier molecular flexibility index (Phi) is 6.84. The Morgan fingerprint density at radius 3 is 2.52 bits per heavy atom. The first-order chi connectivity index (χ1) is 11.9. The lowest BCUT2D eigenvalue weighted by Gasteiger charge is -2.41. The highest BCUT2D eigenvalue weighted by molar-refractivity contribution is 7.88. The van der Waals surface area contributed by atoms with Gasteiger partial charge in [-0.3, -0.25) is 4.99 Å². The van der Waals surface area contributed by atoms with E-state index in [1.165, 1.54) is 32.7 Å². The van der Waals surface area contributed by atoms with Gasteiger partial charge >= 0.3 is 0 Å². The van der Waals surface area contributed by atoms with E-state index in [9.17, 15) is 8.42 Å². The molecule has 6 nitrogen and oxygen atoms in total. The monoisotopic (exact) mass is 366 g/mol. The molecule has 0 atom stereocenters. The lowest BCUT2D eigenvalue weighted by atomic mass is 9.67. The van der Waals surface area contributed by atoms with Crippen LogP contribution in [0.1, 0.15) is 43.7 Å². The molecule has 1 aromatic rings. The van der Waals surface area contributed by atoms with E-state index in [1.807, 2.05) is 24.3 Å². The minimum absolute atomic E-state index is 0.0106. The van der Waals surface area contributed by atoms with Crippen LogP contribution in [0.25, 0.3) is 0 Å². The first kappa shape index (κ1) is 19.7. The smallest absolute Gasteiger partial charge is 0.215 e. The fourth-order valence-electron chi connectivity index (χ4n) is 3.13. The quantitative estimate of drug-likeness (QED) is 0.485. The van der Waals surface area contributed by atoms with Gasteiger partial charge in [-0.2, -0.15) is 0 Å². The van der Waals surface area contributed by atoms with Gasteiger partial charge in [0.05, 0.1) is 5.75 Å². The Bertz CT molecular complexity index is 691. The summed E-state index contributed by atoms with van der Waals surface area (Å²) in [5.41, 5.74) is 2.23. The molecule has 0 amide bonds. The van der Waals surface area contributed by atoms with Gasteiger partial charge in [0.2, 0.25) is 10.0 Å². The molecular weight excluding hydrogens is 336 g/mol. The van der Waals surface area contributed by atoms with Crippen LogP contribution in [0.15, 0.2) is 29.3 Å². The maximum absolute atomic E-state index is 11.7. The standard InChI is InChI=1S/C18H30N4O2S/c1-4-18(9-6-10-18)14-22-17(19-2)21-12-15-7-5-8-16(11-15)13-25(23,24)20-3/h5,7-8,11,20H,4,6,9-10,12-14H2,1-3H3,(H2,19,21,22). The van der Waals surface area contributed by atoms with Crippen LogP contribution in [-0.2, 0) is 22.3 Å². The third kappa shape index (κ3) is 5.71. The number of hydrogen-bond acceptors (Lipinski definition) is 3. The Morgan fingerprint density at radius 2 is 1.96 bits per heavy atom. The zero-order valence-corrected chi connectivity index (χ0v) is 16.2. The predicted molar refractivity (Wildman–Crippen MR) is 103 cm³/mol. The predicted octanol–water partition coefficient (Wildman–Crippen LogP) is 1.98. The molecule has 0 aromatic heterocycles. The number of hydrogen-bond donors (Lipinski definition) is 3. The Labute approximate surface area is 151 Å². The number of nitrogens with one attached hydrogen (secondary N) is 3. The van der Waals surface area contributed by atoms with Gasteiger partial charge < -0.3 is 10.6 Å². The summed E-state index contributed by atoms with van der Waals surface area (Å²) in [6.07, 6.45) is 5.09. The summed E-state index contributed by atoms with van der Waals surface area (Å²) in [5, 5.41) is 6.74. The van der Waals surface area contributed by atoms with Crippen molar-refractivity contribution in [3.05, 3.63) is 35.4 Å².